The third-order valence-corrected chi connectivity index (χ3v) is 5.56. The summed E-state index contributed by atoms with van der Waals surface area (Å²) in [5, 5.41) is 6.67. The number of rotatable bonds is 2. The van der Waals surface area contributed by atoms with Crippen LogP contribution in [0.2, 0.25) is 0 Å². The number of nitrogens with zero attached hydrogens (tertiary/aromatic N) is 2. The zero-order chi connectivity index (χ0) is 19.3. The molecule has 0 aromatic heterocycles. The van der Waals surface area contributed by atoms with Crippen LogP contribution in [0.4, 0.5) is 8.78 Å². The van der Waals surface area contributed by atoms with Crippen LogP contribution in [0, 0.1) is 11.6 Å². The Balaban J connectivity index is 1.61. The number of benzene rings is 3. The molecule has 2 atom stereocenters. The fraction of sp³-hybridized carbons (Fsp3) is 0.136. The molecular formula is C22H15BrF2N2O. The Morgan fingerprint density at radius 3 is 2.57 bits per heavy atom. The van der Waals surface area contributed by atoms with Gasteiger partial charge in [0.25, 0.3) is 0 Å². The summed E-state index contributed by atoms with van der Waals surface area (Å²) in [5.41, 5.74) is 3.43. The number of halogens is 3. The van der Waals surface area contributed by atoms with E-state index in [-0.39, 0.29) is 17.7 Å². The Morgan fingerprint density at radius 1 is 0.964 bits per heavy atom. The molecule has 6 heteroatoms. The maximum Gasteiger partial charge on any atom is 0.213 e. The van der Waals surface area contributed by atoms with Crippen LogP contribution in [0.1, 0.15) is 35.4 Å². The summed E-state index contributed by atoms with van der Waals surface area (Å²) in [6.45, 7) is 0. The second kappa shape index (κ2) is 6.71. The van der Waals surface area contributed by atoms with Crippen LogP contribution in [-0.4, -0.2) is 10.7 Å². The third kappa shape index (κ3) is 2.98. The molecule has 0 saturated heterocycles. The molecule has 0 unspecified atom stereocenters. The van der Waals surface area contributed by atoms with Crippen LogP contribution in [0.25, 0.3) is 0 Å². The molecular weight excluding hydrogens is 426 g/mol. The summed E-state index contributed by atoms with van der Waals surface area (Å²) in [4.78, 5) is 0. The minimum Gasteiger partial charge on any atom is -0.464 e. The van der Waals surface area contributed by atoms with Gasteiger partial charge in [-0.2, -0.15) is 5.10 Å². The Morgan fingerprint density at radius 2 is 1.79 bits per heavy atom. The van der Waals surface area contributed by atoms with Crippen molar-refractivity contribution in [3.05, 3.63) is 99.5 Å². The molecule has 0 aliphatic carbocycles. The first kappa shape index (κ1) is 17.4. The van der Waals surface area contributed by atoms with Crippen molar-refractivity contribution in [3.8, 4) is 5.75 Å². The summed E-state index contributed by atoms with van der Waals surface area (Å²) < 4.78 is 34.3. The first-order chi connectivity index (χ1) is 13.6. The van der Waals surface area contributed by atoms with E-state index in [2.05, 4.69) is 15.9 Å². The van der Waals surface area contributed by atoms with E-state index in [0.717, 1.165) is 27.1 Å². The van der Waals surface area contributed by atoms with Crippen molar-refractivity contribution in [1.82, 2.24) is 5.01 Å². The van der Waals surface area contributed by atoms with E-state index in [0.29, 0.717) is 12.0 Å². The Labute approximate surface area is 169 Å². The Kier molecular flexibility index (Phi) is 4.16. The molecule has 140 valence electrons. The molecule has 0 fully saturated rings. The smallest absolute Gasteiger partial charge is 0.213 e. The lowest BCUT2D eigenvalue weighted by Gasteiger charge is -2.38. The molecule has 0 bridgehead atoms. The average molecular weight is 441 g/mol. The van der Waals surface area contributed by atoms with E-state index in [1.807, 2.05) is 29.3 Å². The highest BCUT2D eigenvalue weighted by Crippen LogP contribution is 2.48. The molecule has 3 aromatic carbocycles. The Bertz CT molecular complexity index is 1080. The van der Waals surface area contributed by atoms with Gasteiger partial charge in [0.15, 0.2) is 0 Å². The van der Waals surface area contributed by atoms with E-state index in [9.17, 15) is 8.78 Å². The van der Waals surface area contributed by atoms with Gasteiger partial charge in [-0.15, -0.1) is 0 Å². The average Bonchev–Trinajstić information content (AvgIpc) is 3.14. The number of hydrazone groups is 1. The molecule has 0 radical (unpaired) electrons. The maximum atomic E-state index is 13.8. The SMILES string of the molecule is Fc1ccc(C2=NN3[C@H](C2)c2cc(Br)ccc2O[C@@H]3c2cccc(F)c2)cc1. The van der Waals surface area contributed by atoms with Gasteiger partial charge in [-0.05, 0) is 48.0 Å². The van der Waals surface area contributed by atoms with Crippen molar-refractivity contribution in [3.63, 3.8) is 0 Å². The summed E-state index contributed by atoms with van der Waals surface area (Å²) in [5.74, 6) is 0.158. The fourth-order valence-corrected chi connectivity index (χ4v) is 4.13. The normalized spacial score (nSPS) is 20.2. The van der Waals surface area contributed by atoms with Gasteiger partial charge in [-0.25, -0.2) is 13.8 Å². The highest BCUT2D eigenvalue weighted by molar-refractivity contribution is 9.10. The molecule has 3 aromatic rings. The summed E-state index contributed by atoms with van der Waals surface area (Å²) in [6, 6.07) is 18.5. The minimum atomic E-state index is -0.535. The van der Waals surface area contributed by atoms with Crippen LogP contribution < -0.4 is 4.74 Å². The van der Waals surface area contributed by atoms with Crippen LogP contribution in [-0.2, 0) is 0 Å². The molecule has 2 aliphatic rings. The van der Waals surface area contributed by atoms with Gasteiger partial charge in [0, 0.05) is 22.0 Å². The van der Waals surface area contributed by atoms with Crippen molar-refractivity contribution >= 4 is 21.6 Å². The van der Waals surface area contributed by atoms with Gasteiger partial charge in [-0.3, -0.25) is 0 Å². The molecule has 2 aliphatic heterocycles. The molecule has 3 nitrogen and oxygen atoms in total. The summed E-state index contributed by atoms with van der Waals surface area (Å²) in [7, 11) is 0. The quantitative estimate of drug-likeness (QED) is 0.490. The van der Waals surface area contributed by atoms with Crippen molar-refractivity contribution in [2.75, 3.05) is 0 Å². The largest absolute Gasteiger partial charge is 0.464 e. The van der Waals surface area contributed by atoms with Crippen molar-refractivity contribution in [2.45, 2.75) is 18.7 Å². The topological polar surface area (TPSA) is 24.8 Å². The predicted molar refractivity (Wildman–Crippen MR) is 106 cm³/mol. The van der Waals surface area contributed by atoms with Crippen molar-refractivity contribution in [2.24, 2.45) is 5.10 Å². The van der Waals surface area contributed by atoms with Crippen LogP contribution >= 0.6 is 15.9 Å². The molecule has 5 rings (SSSR count). The van der Waals surface area contributed by atoms with E-state index in [1.165, 1.54) is 24.3 Å². The monoisotopic (exact) mass is 440 g/mol. The van der Waals surface area contributed by atoms with Gasteiger partial charge in [0.2, 0.25) is 6.23 Å². The van der Waals surface area contributed by atoms with E-state index < -0.39 is 6.23 Å². The molecule has 0 amide bonds. The van der Waals surface area contributed by atoms with E-state index in [1.54, 1.807) is 18.2 Å². The number of fused-ring (bicyclic) bond motifs is 3. The first-order valence-corrected chi connectivity index (χ1v) is 9.71. The highest BCUT2D eigenvalue weighted by atomic mass is 79.9. The van der Waals surface area contributed by atoms with Gasteiger partial charge in [0.1, 0.15) is 17.4 Å². The zero-order valence-electron chi connectivity index (χ0n) is 14.6. The number of ether oxygens (including phenoxy) is 1. The Hall–Kier alpha value is -2.73. The third-order valence-electron chi connectivity index (χ3n) is 5.06. The zero-order valence-corrected chi connectivity index (χ0v) is 16.2. The van der Waals surface area contributed by atoms with Gasteiger partial charge < -0.3 is 4.74 Å². The van der Waals surface area contributed by atoms with Gasteiger partial charge in [0.05, 0.1) is 11.8 Å². The lowest BCUT2D eigenvalue weighted by Crippen LogP contribution is -2.33. The highest BCUT2D eigenvalue weighted by Gasteiger charge is 2.41. The van der Waals surface area contributed by atoms with Crippen LogP contribution in [0.15, 0.2) is 76.3 Å². The van der Waals surface area contributed by atoms with Crippen LogP contribution in [0.5, 0.6) is 5.75 Å². The molecule has 0 N–H and O–H groups in total. The fourth-order valence-electron chi connectivity index (χ4n) is 3.76. The molecule has 28 heavy (non-hydrogen) atoms. The van der Waals surface area contributed by atoms with Crippen molar-refractivity contribution < 1.29 is 13.5 Å². The molecule has 2 heterocycles. The predicted octanol–water partition coefficient (Wildman–Crippen LogP) is 5.97. The van der Waals surface area contributed by atoms with Gasteiger partial charge in [-0.1, -0.05) is 40.2 Å². The standard InChI is InChI=1S/C22H15BrF2N2O/c23-15-6-9-21-18(11-15)20-12-19(13-4-7-16(24)8-5-13)26-27(20)22(28-21)14-2-1-3-17(25)10-14/h1-11,20,22H,12H2/t20-,22-/m1/s1. The van der Waals surface area contributed by atoms with Crippen LogP contribution in [0.3, 0.4) is 0 Å². The molecule has 0 saturated carbocycles. The second-order valence-electron chi connectivity index (χ2n) is 6.86. The van der Waals surface area contributed by atoms with E-state index in [4.69, 9.17) is 9.84 Å². The number of hydrogen-bond acceptors (Lipinski definition) is 3. The summed E-state index contributed by atoms with van der Waals surface area (Å²) in [6.07, 6.45) is 0.122. The number of hydrogen-bond donors (Lipinski definition) is 0. The van der Waals surface area contributed by atoms with Gasteiger partial charge >= 0.3 is 0 Å². The maximum absolute atomic E-state index is 13.8. The minimum absolute atomic E-state index is 0.0467. The lowest BCUT2D eigenvalue weighted by atomic mass is 9.96. The molecule has 0 spiro atoms. The lowest BCUT2D eigenvalue weighted by molar-refractivity contribution is -0.0192. The van der Waals surface area contributed by atoms with E-state index >= 15 is 0 Å². The summed E-state index contributed by atoms with van der Waals surface area (Å²) >= 11 is 3.52. The van der Waals surface area contributed by atoms with Crippen molar-refractivity contribution in [1.29, 1.82) is 0 Å². The second-order valence-corrected chi connectivity index (χ2v) is 7.78. The first-order valence-electron chi connectivity index (χ1n) is 8.92.